The highest BCUT2D eigenvalue weighted by Gasteiger charge is 2.11. The molecule has 1 amide bonds. The highest BCUT2D eigenvalue weighted by atomic mass is 35.5. The fourth-order valence-corrected chi connectivity index (χ4v) is 4.23. The van der Waals surface area contributed by atoms with Crippen molar-refractivity contribution in [3.8, 4) is 5.75 Å². The van der Waals surface area contributed by atoms with E-state index in [1.54, 1.807) is 0 Å². The Bertz CT molecular complexity index is 1070. The molecule has 1 N–H and O–H groups in total. The number of aryl methyl sites for hydroxylation is 4. The van der Waals surface area contributed by atoms with Crippen LogP contribution in [0.1, 0.15) is 62.9 Å². The summed E-state index contributed by atoms with van der Waals surface area (Å²) < 4.78 is 8.35. The number of amides is 1. The van der Waals surface area contributed by atoms with Gasteiger partial charge in [0.15, 0.2) is 0 Å². The average Bonchev–Trinajstić information content (AvgIpc) is 3.16. The molecule has 0 aliphatic rings. The number of imidazole rings is 1. The summed E-state index contributed by atoms with van der Waals surface area (Å²) in [6.45, 7) is 10.2. The highest BCUT2D eigenvalue weighted by Crippen LogP contribution is 2.26. The van der Waals surface area contributed by atoms with Crippen LogP contribution < -0.4 is 10.1 Å². The third-order valence-corrected chi connectivity index (χ3v) is 6.69. The summed E-state index contributed by atoms with van der Waals surface area (Å²) in [4.78, 5) is 16.6. The van der Waals surface area contributed by atoms with Crippen molar-refractivity contribution in [3.63, 3.8) is 0 Å². The molecule has 3 rings (SSSR count). The van der Waals surface area contributed by atoms with E-state index in [4.69, 9.17) is 21.3 Å². The van der Waals surface area contributed by atoms with Gasteiger partial charge in [0.1, 0.15) is 11.6 Å². The number of para-hydroxylation sites is 2. The number of aromatic nitrogens is 2. The van der Waals surface area contributed by atoms with Gasteiger partial charge in [-0.3, -0.25) is 4.79 Å². The van der Waals surface area contributed by atoms with Crippen molar-refractivity contribution in [2.24, 2.45) is 5.92 Å². The first kappa shape index (κ1) is 26.1. The lowest BCUT2D eigenvalue weighted by Gasteiger charge is -2.12. The normalized spacial score (nSPS) is 11.4. The summed E-state index contributed by atoms with van der Waals surface area (Å²) in [6, 6.07) is 12.4. The lowest BCUT2D eigenvalue weighted by atomic mass is 10.1. The van der Waals surface area contributed by atoms with E-state index in [0.29, 0.717) is 6.61 Å². The Labute approximate surface area is 208 Å². The molecule has 1 aromatic heterocycles. The molecule has 0 atom stereocenters. The van der Waals surface area contributed by atoms with Crippen LogP contribution in [-0.2, 0) is 17.8 Å². The van der Waals surface area contributed by atoms with E-state index in [1.807, 2.05) is 45.9 Å². The Morgan fingerprint density at radius 1 is 1.06 bits per heavy atom. The zero-order valence-electron chi connectivity index (χ0n) is 21.0. The lowest BCUT2D eigenvalue weighted by molar-refractivity contribution is -0.123. The molecule has 34 heavy (non-hydrogen) atoms. The highest BCUT2D eigenvalue weighted by molar-refractivity contribution is 6.32. The molecule has 3 aromatic rings. The van der Waals surface area contributed by atoms with E-state index in [2.05, 4.69) is 28.1 Å². The Kier molecular flexibility index (Phi) is 9.82. The van der Waals surface area contributed by atoms with E-state index in [-0.39, 0.29) is 11.8 Å². The van der Waals surface area contributed by atoms with Crippen molar-refractivity contribution in [2.75, 3.05) is 13.2 Å². The summed E-state index contributed by atoms with van der Waals surface area (Å²) >= 11 is 6.26. The van der Waals surface area contributed by atoms with Gasteiger partial charge >= 0.3 is 0 Å². The van der Waals surface area contributed by atoms with Crippen LogP contribution in [0.25, 0.3) is 11.0 Å². The van der Waals surface area contributed by atoms with E-state index in [0.717, 1.165) is 84.9 Å². The molecule has 0 saturated heterocycles. The van der Waals surface area contributed by atoms with Gasteiger partial charge in [0.05, 0.1) is 17.6 Å². The number of benzene rings is 2. The number of carbonyl (C=O) groups excluding carboxylic acids is 1. The minimum Gasteiger partial charge on any atom is -0.494 e. The summed E-state index contributed by atoms with van der Waals surface area (Å²) in [5.41, 5.74) is 4.36. The molecule has 1 heterocycles. The molecule has 0 radical (unpaired) electrons. The molecule has 0 fully saturated rings. The fraction of sp³-hybridized carbons (Fsp3) is 0.500. The molecule has 0 unspecified atom stereocenters. The second kappa shape index (κ2) is 12.8. The number of nitrogens with zero attached hydrogens (tertiary/aromatic N) is 2. The molecular formula is C28H38ClN3O2. The van der Waals surface area contributed by atoms with Gasteiger partial charge in [-0.05, 0) is 74.9 Å². The van der Waals surface area contributed by atoms with E-state index >= 15 is 0 Å². The minimum absolute atomic E-state index is 0.0460. The van der Waals surface area contributed by atoms with Crippen LogP contribution in [0.15, 0.2) is 36.4 Å². The minimum atomic E-state index is 0.0460. The summed E-state index contributed by atoms with van der Waals surface area (Å²) in [7, 11) is 0. The number of halogens is 1. The number of carbonyl (C=O) groups is 1. The first-order chi connectivity index (χ1) is 16.4. The molecule has 0 aliphatic carbocycles. The van der Waals surface area contributed by atoms with Crippen molar-refractivity contribution in [1.29, 1.82) is 0 Å². The van der Waals surface area contributed by atoms with Gasteiger partial charge in [-0.2, -0.15) is 0 Å². The Morgan fingerprint density at radius 2 is 1.79 bits per heavy atom. The predicted molar refractivity (Wildman–Crippen MR) is 141 cm³/mol. The monoisotopic (exact) mass is 483 g/mol. The number of hydrogen-bond acceptors (Lipinski definition) is 3. The van der Waals surface area contributed by atoms with Crippen molar-refractivity contribution < 1.29 is 9.53 Å². The number of hydrogen-bond donors (Lipinski definition) is 1. The van der Waals surface area contributed by atoms with Crippen LogP contribution in [0, 0.1) is 19.8 Å². The topological polar surface area (TPSA) is 56.1 Å². The maximum Gasteiger partial charge on any atom is 0.222 e. The molecule has 0 saturated carbocycles. The second-order valence-electron chi connectivity index (χ2n) is 9.35. The first-order valence-electron chi connectivity index (χ1n) is 12.5. The van der Waals surface area contributed by atoms with Crippen LogP contribution in [0.3, 0.4) is 0 Å². The second-order valence-corrected chi connectivity index (χ2v) is 9.73. The molecule has 0 spiro atoms. The predicted octanol–water partition coefficient (Wildman–Crippen LogP) is 6.65. The molecular weight excluding hydrogens is 446 g/mol. The zero-order chi connectivity index (χ0) is 24.5. The number of fused-ring (bicyclic) bond motifs is 1. The van der Waals surface area contributed by atoms with Gasteiger partial charge in [-0.15, -0.1) is 0 Å². The number of rotatable bonds is 13. The molecule has 2 aromatic carbocycles. The smallest absolute Gasteiger partial charge is 0.222 e. The molecule has 184 valence electrons. The third-order valence-electron chi connectivity index (χ3n) is 6.09. The Morgan fingerprint density at radius 3 is 2.53 bits per heavy atom. The third kappa shape index (κ3) is 7.23. The molecule has 5 nitrogen and oxygen atoms in total. The van der Waals surface area contributed by atoms with Gasteiger partial charge < -0.3 is 14.6 Å². The number of ether oxygens (including phenoxy) is 1. The summed E-state index contributed by atoms with van der Waals surface area (Å²) in [5.74, 6) is 2.21. The van der Waals surface area contributed by atoms with Crippen LogP contribution in [-0.4, -0.2) is 28.6 Å². The van der Waals surface area contributed by atoms with Gasteiger partial charge in [0, 0.05) is 30.5 Å². The lowest BCUT2D eigenvalue weighted by Crippen LogP contribution is -2.28. The average molecular weight is 484 g/mol. The van der Waals surface area contributed by atoms with E-state index < -0.39 is 0 Å². The maximum atomic E-state index is 11.7. The summed E-state index contributed by atoms with van der Waals surface area (Å²) in [5, 5.41) is 3.81. The van der Waals surface area contributed by atoms with Crippen molar-refractivity contribution in [2.45, 2.75) is 72.8 Å². The van der Waals surface area contributed by atoms with Crippen LogP contribution in [0.5, 0.6) is 5.75 Å². The van der Waals surface area contributed by atoms with Gasteiger partial charge in [-0.1, -0.05) is 44.0 Å². The Hall–Kier alpha value is -2.53. The van der Waals surface area contributed by atoms with E-state index in [9.17, 15) is 4.79 Å². The van der Waals surface area contributed by atoms with Gasteiger partial charge in [0.25, 0.3) is 0 Å². The van der Waals surface area contributed by atoms with E-state index in [1.165, 1.54) is 5.52 Å². The maximum absolute atomic E-state index is 11.7. The number of unbranched alkanes of at least 4 members (excludes halogenated alkanes) is 3. The van der Waals surface area contributed by atoms with Crippen molar-refractivity contribution in [1.82, 2.24) is 14.9 Å². The largest absolute Gasteiger partial charge is 0.494 e. The Balaban J connectivity index is 1.48. The number of nitrogens with one attached hydrogen (secondary N) is 1. The SMILES string of the molecule is Cc1cc(OCCCCn2c(CCCCCNC(=O)C(C)C)nc3ccccc32)cc(C)c1Cl. The fourth-order valence-electron chi connectivity index (χ4n) is 4.12. The quantitative estimate of drug-likeness (QED) is 0.277. The van der Waals surface area contributed by atoms with Crippen LogP contribution >= 0.6 is 11.6 Å². The van der Waals surface area contributed by atoms with Gasteiger partial charge in [-0.25, -0.2) is 4.98 Å². The standard InChI is InChI=1S/C28H38ClN3O2/c1-20(2)28(33)30-15-9-5-6-14-26-31-24-12-7-8-13-25(24)32(26)16-10-11-17-34-23-18-21(3)27(29)22(4)19-23/h7-8,12-13,18-20H,5-6,9-11,14-17H2,1-4H3,(H,30,33). The molecule has 6 heteroatoms. The first-order valence-corrected chi connectivity index (χ1v) is 12.9. The van der Waals surface area contributed by atoms with Crippen LogP contribution in [0.4, 0.5) is 0 Å². The van der Waals surface area contributed by atoms with Crippen molar-refractivity contribution in [3.05, 3.63) is 58.4 Å². The molecule has 0 aliphatic heterocycles. The molecule has 0 bridgehead atoms. The van der Waals surface area contributed by atoms with Gasteiger partial charge in [0.2, 0.25) is 5.91 Å². The van der Waals surface area contributed by atoms with Crippen LogP contribution in [0.2, 0.25) is 5.02 Å². The zero-order valence-corrected chi connectivity index (χ0v) is 21.8. The summed E-state index contributed by atoms with van der Waals surface area (Å²) in [6.07, 6.45) is 6.10. The van der Waals surface area contributed by atoms with Crippen molar-refractivity contribution >= 4 is 28.5 Å².